The number of nitrogens with zero attached hydrogens (tertiary/aromatic N) is 5. The van der Waals surface area contributed by atoms with Crippen molar-refractivity contribution in [2.45, 2.75) is 56.3 Å². The molecule has 1 fully saturated rings. The molecule has 1 saturated carbocycles. The van der Waals surface area contributed by atoms with Crippen molar-refractivity contribution in [1.82, 2.24) is 24.4 Å². The third kappa shape index (κ3) is 4.67. The standard InChI is InChI=1S/C30H28Cl2FN5O4/c1-3-29(41,25-14-37(2)16-36-25)18-8-23-27(24(33)9-18)30(42-22-10-21(39)11-22,17-4-6-19(31)7-5-17)38(28(23)40)15-26-34-12-20(32)13-35-26/h4-9,12-14,16,21-22,39,41H,3,10-11,15H2,1-2H3/t21-,22+,29?,30-/m1/s1. The summed E-state index contributed by atoms with van der Waals surface area (Å²) in [7, 11) is 1.77. The lowest BCUT2D eigenvalue weighted by molar-refractivity contribution is -0.191. The average Bonchev–Trinajstić information content (AvgIpc) is 3.49. The van der Waals surface area contributed by atoms with E-state index in [0.29, 0.717) is 34.1 Å². The first-order chi connectivity index (χ1) is 20.0. The number of benzene rings is 2. The van der Waals surface area contributed by atoms with E-state index >= 15 is 4.39 Å². The highest BCUT2D eigenvalue weighted by atomic mass is 35.5. The van der Waals surface area contributed by atoms with E-state index in [0.717, 1.165) is 0 Å². The van der Waals surface area contributed by atoms with Gasteiger partial charge in [-0.1, -0.05) is 42.3 Å². The molecule has 0 radical (unpaired) electrons. The molecule has 6 rings (SSSR count). The fourth-order valence-corrected chi connectivity index (χ4v) is 5.95. The molecule has 1 amide bonds. The zero-order valence-electron chi connectivity index (χ0n) is 22.8. The minimum absolute atomic E-state index is 0.00611. The Morgan fingerprint density at radius 3 is 2.40 bits per heavy atom. The van der Waals surface area contributed by atoms with E-state index in [1.54, 1.807) is 55.3 Å². The maximum atomic E-state index is 16.7. The normalized spacial score (nSPS) is 23.0. The van der Waals surface area contributed by atoms with Crippen molar-refractivity contribution < 1.29 is 24.1 Å². The van der Waals surface area contributed by atoms with Crippen molar-refractivity contribution in [3.05, 3.63) is 111 Å². The second-order valence-corrected chi connectivity index (χ2v) is 11.6. The topological polar surface area (TPSA) is 114 Å². The van der Waals surface area contributed by atoms with Gasteiger partial charge in [-0.3, -0.25) is 9.69 Å². The number of amides is 1. The predicted molar refractivity (Wildman–Crippen MR) is 152 cm³/mol. The van der Waals surface area contributed by atoms with Gasteiger partial charge in [-0.05, 0) is 49.1 Å². The molecule has 1 aliphatic heterocycles. The summed E-state index contributed by atoms with van der Waals surface area (Å²) < 4.78 is 25.0. The molecule has 0 spiro atoms. The summed E-state index contributed by atoms with van der Waals surface area (Å²) in [5.74, 6) is -1.03. The Morgan fingerprint density at radius 1 is 1.12 bits per heavy atom. The summed E-state index contributed by atoms with van der Waals surface area (Å²) in [6, 6.07) is 9.38. The molecule has 0 saturated heterocycles. The van der Waals surface area contributed by atoms with Crippen LogP contribution in [0.5, 0.6) is 0 Å². The van der Waals surface area contributed by atoms with Gasteiger partial charge in [0.2, 0.25) is 5.72 Å². The average molecular weight is 612 g/mol. The van der Waals surface area contributed by atoms with Gasteiger partial charge in [-0.25, -0.2) is 19.3 Å². The first-order valence-corrected chi connectivity index (χ1v) is 14.3. The Balaban J connectivity index is 1.58. The molecule has 2 aromatic carbocycles. The third-order valence-corrected chi connectivity index (χ3v) is 8.47. The van der Waals surface area contributed by atoms with Crippen LogP contribution >= 0.6 is 23.2 Å². The first-order valence-electron chi connectivity index (χ1n) is 13.5. The van der Waals surface area contributed by atoms with Crippen molar-refractivity contribution in [2.75, 3.05) is 0 Å². The fourth-order valence-electron chi connectivity index (χ4n) is 5.73. The second kappa shape index (κ2) is 10.7. The lowest BCUT2D eigenvalue weighted by atomic mass is 9.84. The van der Waals surface area contributed by atoms with Gasteiger partial charge < -0.3 is 19.5 Å². The summed E-state index contributed by atoms with van der Waals surface area (Å²) >= 11 is 12.2. The lowest BCUT2D eigenvalue weighted by Crippen LogP contribution is -2.51. The van der Waals surface area contributed by atoms with Gasteiger partial charge in [0.25, 0.3) is 5.91 Å². The first kappa shape index (κ1) is 28.7. The summed E-state index contributed by atoms with van der Waals surface area (Å²) in [6.07, 6.45) is 5.81. The third-order valence-electron chi connectivity index (χ3n) is 8.02. The highest BCUT2D eigenvalue weighted by Crippen LogP contribution is 2.51. The summed E-state index contributed by atoms with van der Waals surface area (Å²) in [5.41, 5.74) is -2.43. The number of rotatable bonds is 8. The summed E-state index contributed by atoms with van der Waals surface area (Å²) in [4.78, 5) is 28.6. The molecule has 12 heteroatoms. The van der Waals surface area contributed by atoms with Crippen LogP contribution in [0, 0.1) is 5.82 Å². The van der Waals surface area contributed by atoms with Gasteiger partial charge in [0.1, 0.15) is 17.2 Å². The van der Waals surface area contributed by atoms with E-state index in [1.807, 2.05) is 0 Å². The van der Waals surface area contributed by atoms with Crippen LogP contribution in [-0.4, -0.2) is 52.7 Å². The van der Waals surface area contributed by atoms with Crippen molar-refractivity contribution in [2.24, 2.45) is 7.05 Å². The quantitative estimate of drug-likeness (QED) is 0.297. The number of aryl methyl sites for hydroxylation is 1. The smallest absolute Gasteiger partial charge is 0.257 e. The van der Waals surface area contributed by atoms with Gasteiger partial charge in [0.15, 0.2) is 0 Å². The Labute approximate surface area is 251 Å². The van der Waals surface area contributed by atoms with Crippen LogP contribution in [0.3, 0.4) is 0 Å². The van der Waals surface area contributed by atoms with Gasteiger partial charge in [-0.2, -0.15) is 0 Å². The van der Waals surface area contributed by atoms with Crippen LogP contribution in [-0.2, 0) is 29.7 Å². The molecule has 2 N–H and O–H groups in total. The fraction of sp³-hybridized carbons (Fsp3) is 0.333. The number of aliphatic hydroxyl groups excluding tert-OH is 1. The van der Waals surface area contributed by atoms with Crippen LogP contribution in [0.25, 0.3) is 0 Å². The Bertz CT molecular complexity index is 1640. The molecular weight excluding hydrogens is 584 g/mol. The molecule has 2 aliphatic rings. The highest BCUT2D eigenvalue weighted by molar-refractivity contribution is 6.30. The van der Waals surface area contributed by atoms with Crippen LogP contribution in [0.15, 0.2) is 61.3 Å². The number of hydrogen-bond acceptors (Lipinski definition) is 7. The molecule has 9 nitrogen and oxygen atoms in total. The number of carbonyl (C=O) groups is 1. The van der Waals surface area contributed by atoms with E-state index in [9.17, 15) is 15.0 Å². The van der Waals surface area contributed by atoms with Crippen LogP contribution in [0.2, 0.25) is 10.0 Å². The second-order valence-electron chi connectivity index (χ2n) is 10.7. The van der Waals surface area contributed by atoms with Crippen molar-refractivity contribution >= 4 is 29.1 Å². The molecule has 1 aliphatic carbocycles. The molecule has 0 bridgehead atoms. The molecular formula is C30H28Cl2FN5O4. The molecule has 3 heterocycles. The molecule has 2 atom stereocenters. The molecule has 218 valence electrons. The van der Waals surface area contributed by atoms with Crippen molar-refractivity contribution in [1.29, 1.82) is 0 Å². The number of aliphatic hydroxyl groups is 2. The van der Waals surface area contributed by atoms with E-state index in [-0.39, 0.29) is 35.5 Å². The summed E-state index contributed by atoms with van der Waals surface area (Å²) in [6.45, 7) is 1.62. The summed E-state index contributed by atoms with van der Waals surface area (Å²) in [5, 5.41) is 22.6. The van der Waals surface area contributed by atoms with Gasteiger partial charge in [-0.15, -0.1) is 0 Å². The van der Waals surface area contributed by atoms with Gasteiger partial charge in [0.05, 0.1) is 46.9 Å². The molecule has 1 unspecified atom stereocenters. The van der Waals surface area contributed by atoms with E-state index in [4.69, 9.17) is 27.9 Å². The van der Waals surface area contributed by atoms with Crippen LogP contribution in [0.4, 0.5) is 4.39 Å². The SMILES string of the molecule is CCC(O)(c1cc(F)c2c(c1)C(=O)N(Cc1ncc(Cl)cn1)[C@@]2(O[C@H]1C[C@@H](O)C1)c1ccc(Cl)cc1)c1cn(C)cn1. The number of hydrogen-bond donors (Lipinski definition) is 2. The lowest BCUT2D eigenvalue weighted by Gasteiger charge is -2.45. The molecule has 42 heavy (non-hydrogen) atoms. The monoisotopic (exact) mass is 611 g/mol. The number of ether oxygens (including phenoxy) is 1. The number of imidazole rings is 1. The van der Waals surface area contributed by atoms with Gasteiger partial charge in [0, 0.05) is 36.2 Å². The van der Waals surface area contributed by atoms with Crippen molar-refractivity contribution in [3.8, 4) is 0 Å². The van der Waals surface area contributed by atoms with Gasteiger partial charge >= 0.3 is 0 Å². The van der Waals surface area contributed by atoms with Crippen LogP contribution < -0.4 is 0 Å². The van der Waals surface area contributed by atoms with E-state index < -0.39 is 35.3 Å². The minimum atomic E-state index is -1.75. The predicted octanol–water partition coefficient (Wildman–Crippen LogP) is 4.70. The number of halogens is 3. The zero-order chi connectivity index (χ0) is 29.8. The largest absolute Gasteiger partial charge is 0.393 e. The maximum absolute atomic E-state index is 16.7. The minimum Gasteiger partial charge on any atom is -0.393 e. The highest BCUT2D eigenvalue weighted by Gasteiger charge is 2.57. The number of fused-ring (bicyclic) bond motifs is 1. The number of aromatic nitrogens is 4. The number of carbonyl (C=O) groups excluding carboxylic acids is 1. The van der Waals surface area contributed by atoms with Crippen molar-refractivity contribution in [3.63, 3.8) is 0 Å². The maximum Gasteiger partial charge on any atom is 0.257 e. The van der Waals surface area contributed by atoms with E-state index in [1.165, 1.54) is 29.4 Å². The Hall–Kier alpha value is -3.41. The Morgan fingerprint density at radius 2 is 1.81 bits per heavy atom. The van der Waals surface area contributed by atoms with E-state index in [2.05, 4.69) is 15.0 Å². The molecule has 2 aromatic heterocycles. The van der Waals surface area contributed by atoms with Crippen LogP contribution in [0.1, 0.15) is 64.8 Å². The Kier molecular flexibility index (Phi) is 7.31. The zero-order valence-corrected chi connectivity index (χ0v) is 24.3. The molecule has 4 aromatic rings.